The van der Waals surface area contributed by atoms with Crippen LogP contribution in [0.2, 0.25) is 0 Å². The van der Waals surface area contributed by atoms with E-state index in [0.717, 1.165) is 32.7 Å². The van der Waals surface area contributed by atoms with Gasteiger partial charge in [0.1, 0.15) is 0 Å². The van der Waals surface area contributed by atoms with E-state index in [4.69, 9.17) is 4.74 Å². The Morgan fingerprint density at radius 1 is 1.40 bits per heavy atom. The predicted molar refractivity (Wildman–Crippen MR) is 62.9 cm³/mol. The van der Waals surface area contributed by atoms with Crippen LogP contribution in [0, 0.1) is 0 Å². The molecular formula is C12H22N2O. The zero-order valence-corrected chi connectivity index (χ0v) is 9.83. The number of hydrogen-bond donors (Lipinski definition) is 1. The first-order chi connectivity index (χ1) is 7.36. The Morgan fingerprint density at radius 3 is 2.93 bits per heavy atom. The second-order valence-electron chi connectivity index (χ2n) is 3.73. The molecule has 0 radical (unpaired) electrons. The van der Waals surface area contributed by atoms with Gasteiger partial charge in [-0.1, -0.05) is 0 Å². The molecule has 0 aliphatic rings. The number of unbranched alkanes of at least 4 members (excludes halogenated alkanes) is 1. The number of ether oxygens (including phenoxy) is 1. The highest BCUT2D eigenvalue weighted by Crippen LogP contribution is 2.00. The first kappa shape index (κ1) is 12.3. The fraction of sp³-hybridized carbons (Fsp3) is 0.667. The van der Waals surface area contributed by atoms with Crippen LogP contribution >= 0.6 is 0 Å². The summed E-state index contributed by atoms with van der Waals surface area (Å²) in [4.78, 5) is 0. The predicted octanol–water partition coefficient (Wildman–Crippen LogP) is 2.02. The molecule has 1 aromatic heterocycles. The Balaban J connectivity index is 2.04. The van der Waals surface area contributed by atoms with Crippen molar-refractivity contribution in [1.29, 1.82) is 0 Å². The van der Waals surface area contributed by atoms with Gasteiger partial charge in [-0.15, -0.1) is 0 Å². The number of aromatic nitrogens is 1. The van der Waals surface area contributed by atoms with Crippen molar-refractivity contribution in [3.8, 4) is 0 Å². The van der Waals surface area contributed by atoms with Gasteiger partial charge in [0, 0.05) is 39.2 Å². The first-order valence-corrected chi connectivity index (χ1v) is 5.71. The summed E-state index contributed by atoms with van der Waals surface area (Å²) in [7, 11) is 1.75. The van der Waals surface area contributed by atoms with Gasteiger partial charge in [-0.05, 0) is 37.9 Å². The largest absolute Gasteiger partial charge is 0.385 e. The van der Waals surface area contributed by atoms with E-state index in [0.29, 0.717) is 0 Å². The molecule has 1 aromatic rings. The SMILES string of the molecule is CCn1ccc(CNCCCCOC)c1. The maximum atomic E-state index is 4.99. The van der Waals surface area contributed by atoms with Gasteiger partial charge in [-0.3, -0.25) is 0 Å². The van der Waals surface area contributed by atoms with E-state index in [1.54, 1.807) is 7.11 Å². The minimum Gasteiger partial charge on any atom is -0.385 e. The van der Waals surface area contributed by atoms with Crippen molar-refractivity contribution >= 4 is 0 Å². The third-order valence-electron chi connectivity index (χ3n) is 2.46. The second kappa shape index (κ2) is 7.49. The van der Waals surface area contributed by atoms with Crippen LogP contribution < -0.4 is 5.32 Å². The highest BCUT2D eigenvalue weighted by Gasteiger charge is 1.94. The Kier molecular flexibility index (Phi) is 6.12. The molecule has 0 saturated heterocycles. The number of nitrogens with one attached hydrogen (secondary N) is 1. The highest BCUT2D eigenvalue weighted by molar-refractivity contribution is 5.09. The molecule has 0 saturated carbocycles. The van der Waals surface area contributed by atoms with Crippen LogP contribution in [0.1, 0.15) is 25.3 Å². The van der Waals surface area contributed by atoms with E-state index in [1.807, 2.05) is 0 Å². The van der Waals surface area contributed by atoms with E-state index in [1.165, 1.54) is 12.0 Å². The lowest BCUT2D eigenvalue weighted by atomic mass is 10.3. The van der Waals surface area contributed by atoms with Gasteiger partial charge in [0.2, 0.25) is 0 Å². The molecule has 0 aliphatic carbocycles. The monoisotopic (exact) mass is 210 g/mol. The smallest absolute Gasteiger partial charge is 0.0462 e. The van der Waals surface area contributed by atoms with Gasteiger partial charge in [-0.25, -0.2) is 0 Å². The summed E-state index contributed by atoms with van der Waals surface area (Å²) in [6.45, 7) is 6.12. The maximum Gasteiger partial charge on any atom is 0.0462 e. The standard InChI is InChI=1S/C12H22N2O/c1-3-14-8-6-12(11-14)10-13-7-4-5-9-15-2/h6,8,11,13H,3-5,7,9-10H2,1-2H3. The summed E-state index contributed by atoms with van der Waals surface area (Å²) in [6.07, 6.45) is 6.64. The van der Waals surface area contributed by atoms with Crippen molar-refractivity contribution in [2.24, 2.45) is 0 Å². The molecule has 0 unspecified atom stereocenters. The lowest BCUT2D eigenvalue weighted by molar-refractivity contribution is 0.192. The van der Waals surface area contributed by atoms with Crippen molar-refractivity contribution in [2.45, 2.75) is 32.9 Å². The third kappa shape index (κ3) is 5.00. The van der Waals surface area contributed by atoms with Crippen LogP contribution in [-0.4, -0.2) is 24.8 Å². The molecule has 0 atom stereocenters. The molecule has 1 rings (SSSR count). The average molecular weight is 210 g/mol. The highest BCUT2D eigenvalue weighted by atomic mass is 16.5. The molecule has 1 heterocycles. The van der Waals surface area contributed by atoms with Crippen LogP contribution in [0.5, 0.6) is 0 Å². The number of hydrogen-bond acceptors (Lipinski definition) is 2. The molecule has 15 heavy (non-hydrogen) atoms. The van der Waals surface area contributed by atoms with Crippen LogP contribution in [0.3, 0.4) is 0 Å². The van der Waals surface area contributed by atoms with Crippen LogP contribution in [-0.2, 0) is 17.8 Å². The fourth-order valence-electron chi connectivity index (χ4n) is 1.52. The molecule has 3 heteroatoms. The molecule has 3 nitrogen and oxygen atoms in total. The van der Waals surface area contributed by atoms with Crippen molar-refractivity contribution < 1.29 is 4.74 Å². The van der Waals surface area contributed by atoms with E-state index < -0.39 is 0 Å². The number of methoxy groups -OCH3 is 1. The Labute approximate surface area is 92.4 Å². The number of nitrogens with zero attached hydrogens (tertiary/aromatic N) is 1. The van der Waals surface area contributed by atoms with Gasteiger partial charge in [0.25, 0.3) is 0 Å². The molecule has 0 aliphatic heterocycles. The molecule has 86 valence electrons. The van der Waals surface area contributed by atoms with Crippen LogP contribution in [0.15, 0.2) is 18.5 Å². The number of aryl methyl sites for hydroxylation is 1. The van der Waals surface area contributed by atoms with E-state index in [9.17, 15) is 0 Å². The summed E-state index contributed by atoms with van der Waals surface area (Å²) in [6, 6.07) is 2.17. The topological polar surface area (TPSA) is 26.2 Å². The Hall–Kier alpha value is -0.800. The van der Waals surface area contributed by atoms with E-state index >= 15 is 0 Å². The molecule has 1 N–H and O–H groups in total. The molecule has 0 bridgehead atoms. The summed E-state index contributed by atoms with van der Waals surface area (Å²) in [5.41, 5.74) is 1.36. The quantitative estimate of drug-likeness (QED) is 0.664. The number of rotatable bonds is 8. The van der Waals surface area contributed by atoms with Crippen LogP contribution in [0.4, 0.5) is 0 Å². The zero-order valence-electron chi connectivity index (χ0n) is 9.83. The summed E-state index contributed by atoms with van der Waals surface area (Å²) < 4.78 is 7.19. The van der Waals surface area contributed by atoms with Gasteiger partial charge >= 0.3 is 0 Å². The van der Waals surface area contributed by atoms with E-state index in [2.05, 4.69) is 35.3 Å². The van der Waals surface area contributed by atoms with Crippen molar-refractivity contribution in [2.75, 3.05) is 20.3 Å². The van der Waals surface area contributed by atoms with Crippen molar-refractivity contribution in [1.82, 2.24) is 9.88 Å². The third-order valence-corrected chi connectivity index (χ3v) is 2.46. The summed E-state index contributed by atoms with van der Waals surface area (Å²) in [5.74, 6) is 0. The maximum absolute atomic E-state index is 4.99. The second-order valence-corrected chi connectivity index (χ2v) is 3.73. The zero-order chi connectivity index (χ0) is 10.9. The van der Waals surface area contributed by atoms with Gasteiger partial charge < -0.3 is 14.6 Å². The molecule has 0 spiro atoms. The minimum absolute atomic E-state index is 0.869. The molecule has 0 aromatic carbocycles. The minimum atomic E-state index is 0.869. The molecular weight excluding hydrogens is 188 g/mol. The fourth-order valence-corrected chi connectivity index (χ4v) is 1.52. The van der Waals surface area contributed by atoms with Gasteiger partial charge in [0.15, 0.2) is 0 Å². The first-order valence-electron chi connectivity index (χ1n) is 5.71. The normalized spacial score (nSPS) is 10.8. The van der Waals surface area contributed by atoms with E-state index in [-0.39, 0.29) is 0 Å². The van der Waals surface area contributed by atoms with Gasteiger partial charge in [0.05, 0.1) is 0 Å². The molecule has 0 fully saturated rings. The average Bonchev–Trinajstić information content (AvgIpc) is 2.71. The molecule has 0 amide bonds. The van der Waals surface area contributed by atoms with Crippen molar-refractivity contribution in [3.63, 3.8) is 0 Å². The van der Waals surface area contributed by atoms with Gasteiger partial charge in [-0.2, -0.15) is 0 Å². The lowest BCUT2D eigenvalue weighted by Crippen LogP contribution is -2.14. The summed E-state index contributed by atoms with van der Waals surface area (Å²) in [5, 5.41) is 3.43. The van der Waals surface area contributed by atoms with Crippen molar-refractivity contribution in [3.05, 3.63) is 24.0 Å². The summed E-state index contributed by atoms with van der Waals surface area (Å²) >= 11 is 0. The van der Waals surface area contributed by atoms with Crippen LogP contribution in [0.25, 0.3) is 0 Å². The lowest BCUT2D eigenvalue weighted by Gasteiger charge is -2.02. The Bertz CT molecular complexity index is 258. The Morgan fingerprint density at radius 2 is 2.27 bits per heavy atom.